The van der Waals surface area contributed by atoms with Crippen molar-refractivity contribution in [3.05, 3.63) is 35.4 Å². The van der Waals surface area contributed by atoms with E-state index in [0.29, 0.717) is 29.6 Å². The maximum atomic E-state index is 9.45. The van der Waals surface area contributed by atoms with Crippen molar-refractivity contribution in [2.75, 3.05) is 38.1 Å². The number of nitrogens with one attached hydrogen (secondary N) is 1. The van der Waals surface area contributed by atoms with Crippen molar-refractivity contribution in [1.82, 2.24) is 9.97 Å². The second kappa shape index (κ2) is 11.0. The van der Waals surface area contributed by atoms with E-state index in [1.165, 1.54) is 6.92 Å². The van der Waals surface area contributed by atoms with E-state index < -0.39 is 12.1 Å². The summed E-state index contributed by atoms with van der Waals surface area (Å²) in [5.41, 5.74) is 15.4. The zero-order valence-corrected chi connectivity index (χ0v) is 19.2. The molecular weight excluding hydrogens is 430 g/mol. The maximum Gasteiger partial charge on any atom is 0.332 e. The minimum atomic E-state index is -1.23. The third kappa shape index (κ3) is 6.04. The van der Waals surface area contributed by atoms with Crippen molar-refractivity contribution in [3.63, 3.8) is 0 Å². The van der Waals surface area contributed by atoms with Crippen molar-refractivity contribution >= 4 is 34.3 Å². The third-order valence-corrected chi connectivity index (χ3v) is 4.79. The van der Waals surface area contributed by atoms with Gasteiger partial charge in [0.15, 0.2) is 11.5 Å². The average Bonchev–Trinajstić information content (AvgIpc) is 2.77. The standard InChI is InChI=1S/C19H23N5O3.C3H6O3/c1-10-11(5-6-13-16(10)18(20)24-19(21)23-13)9-22-12-7-14(25-2)17(27-4)15(8-12)26-3;1-2(4)3(5)6/h5-8,22H,9H2,1-4H3,(H4,20,21,23,24);2,4H,1H3,(H,5,6). The van der Waals surface area contributed by atoms with Crippen LogP contribution in [-0.4, -0.2) is 53.6 Å². The van der Waals surface area contributed by atoms with Crippen molar-refractivity contribution < 1.29 is 29.2 Å². The Morgan fingerprint density at radius 3 is 2.15 bits per heavy atom. The lowest BCUT2D eigenvalue weighted by Crippen LogP contribution is -2.13. The number of carboxylic acid groups (broad SMARTS) is 1. The number of hydrogen-bond donors (Lipinski definition) is 5. The molecule has 3 rings (SSSR count). The van der Waals surface area contributed by atoms with Gasteiger partial charge in [-0.15, -0.1) is 0 Å². The molecule has 178 valence electrons. The Balaban J connectivity index is 0.000000569. The van der Waals surface area contributed by atoms with Gasteiger partial charge in [0.05, 0.1) is 26.8 Å². The minimum absolute atomic E-state index is 0.169. The minimum Gasteiger partial charge on any atom is -0.493 e. The first kappa shape index (κ1) is 25.3. The van der Waals surface area contributed by atoms with E-state index in [2.05, 4.69) is 15.3 Å². The molecule has 3 aromatic rings. The summed E-state index contributed by atoms with van der Waals surface area (Å²) in [5, 5.41) is 20.0. The van der Waals surface area contributed by atoms with Gasteiger partial charge >= 0.3 is 5.97 Å². The smallest absolute Gasteiger partial charge is 0.332 e. The highest BCUT2D eigenvalue weighted by atomic mass is 16.5. The Kier molecular flexibility index (Phi) is 8.46. The molecule has 0 fully saturated rings. The highest BCUT2D eigenvalue weighted by molar-refractivity contribution is 5.92. The van der Waals surface area contributed by atoms with E-state index >= 15 is 0 Å². The number of aliphatic hydroxyl groups is 1. The fourth-order valence-corrected chi connectivity index (χ4v) is 3.06. The molecule has 0 aliphatic rings. The summed E-state index contributed by atoms with van der Waals surface area (Å²) in [4.78, 5) is 17.8. The number of aliphatic hydroxyl groups excluding tert-OH is 1. The Bertz CT molecular complexity index is 1110. The van der Waals surface area contributed by atoms with Crippen LogP contribution in [0.2, 0.25) is 0 Å². The average molecular weight is 460 g/mol. The van der Waals surface area contributed by atoms with Crippen LogP contribution in [0, 0.1) is 6.92 Å². The summed E-state index contributed by atoms with van der Waals surface area (Å²) in [6.07, 6.45) is -1.23. The Morgan fingerprint density at radius 1 is 1.09 bits per heavy atom. The van der Waals surface area contributed by atoms with Crippen LogP contribution in [0.1, 0.15) is 18.1 Å². The Labute approximate surface area is 191 Å². The number of aryl methyl sites for hydroxylation is 1. The lowest BCUT2D eigenvalue weighted by atomic mass is 10.0. The van der Waals surface area contributed by atoms with Gasteiger partial charge in [-0.3, -0.25) is 0 Å². The zero-order valence-electron chi connectivity index (χ0n) is 19.2. The monoisotopic (exact) mass is 459 g/mol. The van der Waals surface area contributed by atoms with Crippen molar-refractivity contribution in [3.8, 4) is 17.2 Å². The highest BCUT2D eigenvalue weighted by Crippen LogP contribution is 2.40. The van der Waals surface area contributed by atoms with Crippen LogP contribution >= 0.6 is 0 Å². The summed E-state index contributed by atoms with van der Waals surface area (Å²) in [6, 6.07) is 7.60. The van der Waals surface area contributed by atoms with Crippen LogP contribution in [0.5, 0.6) is 17.2 Å². The van der Waals surface area contributed by atoms with Crippen LogP contribution in [0.15, 0.2) is 24.3 Å². The molecule has 7 N–H and O–H groups in total. The number of aromatic nitrogens is 2. The molecule has 0 radical (unpaired) electrons. The molecule has 0 saturated carbocycles. The number of methoxy groups -OCH3 is 3. The van der Waals surface area contributed by atoms with E-state index in [-0.39, 0.29) is 5.95 Å². The van der Waals surface area contributed by atoms with Gasteiger partial charge in [-0.05, 0) is 31.0 Å². The van der Waals surface area contributed by atoms with Gasteiger partial charge in [0.25, 0.3) is 0 Å². The molecule has 1 atom stereocenters. The van der Waals surface area contributed by atoms with Crippen LogP contribution in [0.4, 0.5) is 17.5 Å². The van der Waals surface area contributed by atoms with Gasteiger partial charge in [-0.1, -0.05) is 6.07 Å². The Hall–Kier alpha value is -3.99. The zero-order chi connectivity index (χ0) is 24.7. The molecule has 11 nitrogen and oxygen atoms in total. The second-order valence-corrected chi connectivity index (χ2v) is 6.99. The van der Waals surface area contributed by atoms with E-state index in [0.717, 1.165) is 27.7 Å². The molecule has 0 aliphatic carbocycles. The van der Waals surface area contributed by atoms with Gasteiger partial charge in [0.2, 0.25) is 11.7 Å². The molecular formula is C22H29N5O6. The van der Waals surface area contributed by atoms with Crippen LogP contribution < -0.4 is 31.0 Å². The maximum absolute atomic E-state index is 9.45. The molecule has 2 aromatic carbocycles. The number of nitrogens with zero attached hydrogens (tertiary/aromatic N) is 2. The van der Waals surface area contributed by atoms with E-state index in [9.17, 15) is 4.79 Å². The molecule has 1 unspecified atom stereocenters. The predicted octanol–water partition coefficient (Wildman–Crippen LogP) is 2.19. The van der Waals surface area contributed by atoms with Crippen molar-refractivity contribution in [2.45, 2.75) is 26.5 Å². The number of carbonyl (C=O) groups is 1. The number of aliphatic carboxylic acids is 1. The first-order chi connectivity index (χ1) is 15.6. The van der Waals surface area contributed by atoms with Gasteiger partial charge in [0, 0.05) is 29.8 Å². The van der Waals surface area contributed by atoms with Crippen molar-refractivity contribution in [1.29, 1.82) is 0 Å². The number of rotatable bonds is 7. The van der Waals surface area contributed by atoms with Crippen molar-refractivity contribution in [2.24, 2.45) is 0 Å². The van der Waals surface area contributed by atoms with E-state index in [1.807, 2.05) is 31.2 Å². The lowest BCUT2D eigenvalue weighted by molar-refractivity contribution is -0.145. The molecule has 33 heavy (non-hydrogen) atoms. The number of benzene rings is 2. The summed E-state index contributed by atoms with van der Waals surface area (Å²) in [7, 11) is 4.75. The highest BCUT2D eigenvalue weighted by Gasteiger charge is 2.14. The largest absolute Gasteiger partial charge is 0.493 e. The first-order valence-corrected chi connectivity index (χ1v) is 9.88. The number of anilines is 3. The number of carboxylic acids is 1. The molecule has 0 bridgehead atoms. The quantitative estimate of drug-likeness (QED) is 0.350. The summed E-state index contributed by atoms with van der Waals surface area (Å²) in [5.74, 6) is 1.09. The number of nitrogen functional groups attached to an aromatic ring is 2. The van der Waals surface area contributed by atoms with E-state index in [1.54, 1.807) is 21.3 Å². The molecule has 0 spiro atoms. The van der Waals surface area contributed by atoms with Crippen LogP contribution in [0.3, 0.4) is 0 Å². The third-order valence-electron chi connectivity index (χ3n) is 4.79. The topological polar surface area (TPSA) is 175 Å². The Morgan fingerprint density at radius 2 is 1.67 bits per heavy atom. The molecule has 11 heteroatoms. The molecule has 0 saturated heterocycles. The van der Waals surface area contributed by atoms with Gasteiger partial charge in [0.1, 0.15) is 11.9 Å². The molecule has 1 aromatic heterocycles. The van der Waals surface area contributed by atoms with E-state index in [4.69, 9.17) is 35.9 Å². The first-order valence-electron chi connectivity index (χ1n) is 9.88. The SMILES string of the molecule is CC(O)C(=O)O.COc1cc(NCc2ccc3nc(N)nc(N)c3c2C)cc(OC)c1OC. The van der Waals surface area contributed by atoms with Gasteiger partial charge in [-0.2, -0.15) is 4.98 Å². The van der Waals surface area contributed by atoms with Crippen LogP contribution in [-0.2, 0) is 11.3 Å². The summed E-state index contributed by atoms with van der Waals surface area (Å²) < 4.78 is 16.1. The lowest BCUT2D eigenvalue weighted by Gasteiger charge is -2.16. The fraction of sp³-hybridized carbons (Fsp3) is 0.318. The number of ether oxygens (including phenoxy) is 3. The molecule has 0 aliphatic heterocycles. The van der Waals surface area contributed by atoms with Gasteiger partial charge < -0.3 is 41.2 Å². The predicted molar refractivity (Wildman–Crippen MR) is 126 cm³/mol. The number of fused-ring (bicyclic) bond motifs is 1. The number of nitrogens with two attached hydrogens (primary N) is 2. The fourth-order valence-electron chi connectivity index (χ4n) is 3.06. The number of hydrogen-bond acceptors (Lipinski definition) is 10. The normalized spacial score (nSPS) is 11.2. The molecule has 1 heterocycles. The van der Waals surface area contributed by atoms with Gasteiger partial charge in [-0.25, -0.2) is 9.78 Å². The second-order valence-electron chi connectivity index (χ2n) is 6.99. The molecule has 0 amide bonds. The van der Waals surface area contributed by atoms with Crippen LogP contribution in [0.25, 0.3) is 10.9 Å². The summed E-state index contributed by atoms with van der Waals surface area (Å²) >= 11 is 0. The summed E-state index contributed by atoms with van der Waals surface area (Å²) in [6.45, 7) is 3.76.